The number of carbonyl (C=O) groups is 2. The first-order chi connectivity index (χ1) is 13.5. The number of para-hydroxylation sites is 1. The molecule has 0 radical (unpaired) electrons. The van der Waals surface area contributed by atoms with Crippen LogP contribution in [0.1, 0.15) is 6.42 Å². The van der Waals surface area contributed by atoms with Gasteiger partial charge in [0, 0.05) is 31.9 Å². The lowest BCUT2D eigenvalue weighted by Gasteiger charge is -2.38. The number of imide groups is 1. The zero-order chi connectivity index (χ0) is 19.8. The number of hydrogen-bond donors (Lipinski definition) is 0. The minimum atomic E-state index is -0.445. The van der Waals surface area contributed by atoms with Crippen molar-refractivity contribution >= 4 is 58.0 Å². The average molecular weight is 439 g/mol. The molecule has 28 heavy (non-hydrogen) atoms. The SMILES string of the molecule is O=C1CC(N2CCN(c3ccc(Cl)c(Cl)c3)CC2)C(=O)N1c1ccccc1Cl. The van der Waals surface area contributed by atoms with Crippen molar-refractivity contribution < 1.29 is 9.59 Å². The van der Waals surface area contributed by atoms with Crippen molar-refractivity contribution in [3.8, 4) is 0 Å². The number of amides is 2. The summed E-state index contributed by atoms with van der Waals surface area (Å²) in [5, 5.41) is 1.45. The van der Waals surface area contributed by atoms with Crippen LogP contribution in [0.2, 0.25) is 15.1 Å². The van der Waals surface area contributed by atoms with Crippen LogP contribution in [0.5, 0.6) is 0 Å². The quantitative estimate of drug-likeness (QED) is 0.677. The summed E-state index contributed by atoms with van der Waals surface area (Å²) >= 11 is 18.3. The standard InChI is InChI=1S/C20H18Cl3N3O2/c21-14-6-5-13(11-16(14)23)24-7-9-25(10-8-24)18-12-19(27)26(20(18)28)17-4-2-1-3-15(17)22/h1-6,11,18H,7-10,12H2. The van der Waals surface area contributed by atoms with Gasteiger partial charge in [0.15, 0.2) is 0 Å². The average Bonchev–Trinajstić information content (AvgIpc) is 2.99. The van der Waals surface area contributed by atoms with E-state index in [2.05, 4.69) is 9.80 Å². The number of benzene rings is 2. The molecule has 2 saturated heterocycles. The summed E-state index contributed by atoms with van der Waals surface area (Å²) in [6.45, 7) is 2.84. The van der Waals surface area contributed by atoms with Crippen LogP contribution < -0.4 is 9.80 Å². The monoisotopic (exact) mass is 437 g/mol. The smallest absolute Gasteiger partial charge is 0.251 e. The van der Waals surface area contributed by atoms with E-state index in [1.54, 1.807) is 30.3 Å². The maximum Gasteiger partial charge on any atom is 0.251 e. The van der Waals surface area contributed by atoms with E-state index in [1.807, 2.05) is 12.1 Å². The molecule has 2 fully saturated rings. The van der Waals surface area contributed by atoms with Gasteiger partial charge in [-0.1, -0.05) is 46.9 Å². The second kappa shape index (κ2) is 7.91. The summed E-state index contributed by atoms with van der Waals surface area (Å²) in [6, 6.07) is 12.0. The Balaban J connectivity index is 1.45. The largest absolute Gasteiger partial charge is 0.369 e. The van der Waals surface area contributed by atoms with Gasteiger partial charge in [-0.2, -0.15) is 0 Å². The van der Waals surface area contributed by atoms with Crippen LogP contribution >= 0.6 is 34.8 Å². The zero-order valence-electron chi connectivity index (χ0n) is 14.9. The number of rotatable bonds is 3. The topological polar surface area (TPSA) is 43.9 Å². The maximum atomic E-state index is 13.0. The Kier molecular flexibility index (Phi) is 5.52. The summed E-state index contributed by atoms with van der Waals surface area (Å²) in [7, 11) is 0. The van der Waals surface area contributed by atoms with Gasteiger partial charge in [-0.3, -0.25) is 14.5 Å². The van der Waals surface area contributed by atoms with Crippen molar-refractivity contribution in [3.05, 3.63) is 57.5 Å². The van der Waals surface area contributed by atoms with Crippen LogP contribution in [0, 0.1) is 0 Å². The molecule has 2 heterocycles. The molecule has 2 aromatic rings. The molecule has 0 saturated carbocycles. The van der Waals surface area contributed by atoms with Gasteiger partial charge >= 0.3 is 0 Å². The van der Waals surface area contributed by atoms with E-state index >= 15 is 0 Å². The van der Waals surface area contributed by atoms with Gasteiger partial charge < -0.3 is 4.90 Å². The van der Waals surface area contributed by atoms with E-state index in [0.29, 0.717) is 33.8 Å². The van der Waals surface area contributed by atoms with Gasteiger partial charge in [0.05, 0.1) is 33.2 Å². The summed E-state index contributed by atoms with van der Waals surface area (Å²) in [5.41, 5.74) is 1.46. The fourth-order valence-electron chi connectivity index (χ4n) is 3.76. The zero-order valence-corrected chi connectivity index (χ0v) is 17.2. The van der Waals surface area contributed by atoms with Crippen molar-refractivity contribution in [3.63, 3.8) is 0 Å². The molecule has 146 valence electrons. The lowest BCUT2D eigenvalue weighted by Crippen LogP contribution is -2.52. The van der Waals surface area contributed by atoms with Crippen molar-refractivity contribution in [2.45, 2.75) is 12.5 Å². The molecule has 0 spiro atoms. The molecule has 0 aliphatic carbocycles. The molecule has 2 aliphatic heterocycles. The second-order valence-corrected chi connectivity index (χ2v) is 8.08. The molecule has 5 nitrogen and oxygen atoms in total. The molecular weight excluding hydrogens is 421 g/mol. The molecular formula is C20H18Cl3N3O2. The van der Waals surface area contributed by atoms with E-state index in [1.165, 1.54) is 4.90 Å². The highest BCUT2D eigenvalue weighted by Crippen LogP contribution is 2.32. The molecule has 4 rings (SSSR count). The number of hydrogen-bond acceptors (Lipinski definition) is 4. The molecule has 1 atom stereocenters. The van der Waals surface area contributed by atoms with Gasteiger partial charge in [-0.15, -0.1) is 0 Å². The van der Waals surface area contributed by atoms with Crippen molar-refractivity contribution in [2.75, 3.05) is 36.0 Å². The van der Waals surface area contributed by atoms with Crippen LogP contribution in [0.25, 0.3) is 0 Å². The molecule has 2 amide bonds. The molecule has 0 bridgehead atoms. The highest BCUT2D eigenvalue weighted by Gasteiger charge is 2.43. The summed E-state index contributed by atoms with van der Waals surface area (Å²) in [4.78, 5) is 31.0. The normalized spacial score (nSPS) is 20.9. The Morgan fingerprint density at radius 1 is 0.821 bits per heavy atom. The van der Waals surface area contributed by atoms with Crippen LogP contribution in [0.3, 0.4) is 0 Å². The minimum Gasteiger partial charge on any atom is -0.369 e. The Bertz CT molecular complexity index is 929. The van der Waals surface area contributed by atoms with Crippen LogP contribution in [-0.4, -0.2) is 48.9 Å². The molecule has 0 N–H and O–H groups in total. The molecule has 2 aromatic carbocycles. The first-order valence-electron chi connectivity index (χ1n) is 9.01. The van der Waals surface area contributed by atoms with Crippen molar-refractivity contribution in [1.82, 2.24) is 4.90 Å². The third-order valence-corrected chi connectivity index (χ3v) is 6.30. The van der Waals surface area contributed by atoms with E-state index in [0.717, 1.165) is 18.8 Å². The first-order valence-corrected chi connectivity index (χ1v) is 10.1. The summed E-state index contributed by atoms with van der Waals surface area (Å²) in [5.74, 6) is -0.420. The molecule has 0 aromatic heterocycles. The van der Waals surface area contributed by atoms with E-state index in [4.69, 9.17) is 34.8 Å². The van der Waals surface area contributed by atoms with Crippen LogP contribution in [-0.2, 0) is 9.59 Å². The molecule has 8 heteroatoms. The Morgan fingerprint density at radius 2 is 1.54 bits per heavy atom. The molecule has 1 unspecified atom stereocenters. The Hall–Kier alpha value is -1.79. The van der Waals surface area contributed by atoms with Crippen LogP contribution in [0.15, 0.2) is 42.5 Å². The maximum absolute atomic E-state index is 13.0. The first kappa shape index (κ1) is 19.5. The predicted molar refractivity (Wildman–Crippen MR) is 113 cm³/mol. The van der Waals surface area contributed by atoms with Gasteiger partial charge in [0.2, 0.25) is 5.91 Å². The third-order valence-electron chi connectivity index (χ3n) is 5.24. The second-order valence-electron chi connectivity index (χ2n) is 6.86. The predicted octanol–water partition coefficient (Wildman–Crippen LogP) is 4.10. The minimum absolute atomic E-state index is 0.177. The Labute approximate surface area is 178 Å². The van der Waals surface area contributed by atoms with Crippen molar-refractivity contribution in [2.24, 2.45) is 0 Å². The number of anilines is 2. The highest BCUT2D eigenvalue weighted by atomic mass is 35.5. The van der Waals surface area contributed by atoms with E-state index < -0.39 is 6.04 Å². The van der Waals surface area contributed by atoms with Crippen molar-refractivity contribution in [1.29, 1.82) is 0 Å². The Morgan fingerprint density at radius 3 is 2.21 bits per heavy atom. The van der Waals surface area contributed by atoms with Crippen LogP contribution in [0.4, 0.5) is 11.4 Å². The number of halogens is 3. The fourth-order valence-corrected chi connectivity index (χ4v) is 4.27. The fraction of sp³-hybridized carbons (Fsp3) is 0.300. The van der Waals surface area contributed by atoms with Gasteiger partial charge in [-0.25, -0.2) is 4.90 Å². The molecule has 2 aliphatic rings. The summed E-state index contributed by atoms with van der Waals surface area (Å²) < 4.78 is 0. The number of nitrogens with zero attached hydrogens (tertiary/aromatic N) is 3. The lowest BCUT2D eigenvalue weighted by atomic mass is 10.1. The van der Waals surface area contributed by atoms with Gasteiger partial charge in [0.1, 0.15) is 0 Å². The lowest BCUT2D eigenvalue weighted by molar-refractivity contribution is -0.123. The number of carbonyl (C=O) groups excluding carboxylic acids is 2. The van der Waals surface area contributed by atoms with E-state index in [9.17, 15) is 9.59 Å². The van der Waals surface area contributed by atoms with Gasteiger partial charge in [0.25, 0.3) is 5.91 Å². The third kappa shape index (κ3) is 3.60. The summed E-state index contributed by atoms with van der Waals surface area (Å²) in [6.07, 6.45) is 0.177. The highest BCUT2D eigenvalue weighted by molar-refractivity contribution is 6.42. The van der Waals surface area contributed by atoms with Gasteiger partial charge in [-0.05, 0) is 30.3 Å². The number of piperazine rings is 1. The van der Waals surface area contributed by atoms with E-state index in [-0.39, 0.29) is 18.2 Å².